The molecule has 1 heterocycles. The second-order valence-electron chi connectivity index (χ2n) is 4.14. The van der Waals surface area contributed by atoms with Crippen molar-refractivity contribution in [1.82, 2.24) is 4.98 Å². The van der Waals surface area contributed by atoms with Gasteiger partial charge in [0.05, 0.1) is 6.20 Å². The summed E-state index contributed by atoms with van der Waals surface area (Å²) in [5.74, 6) is -0.459. The maximum atomic E-state index is 11.7. The minimum Gasteiger partial charge on any atom is -0.442 e. The number of oxazole rings is 1. The normalized spacial score (nSPS) is 10.3. The van der Waals surface area contributed by atoms with Crippen molar-refractivity contribution in [2.75, 3.05) is 0 Å². The molecule has 98 valence electrons. The number of hydrogen-bond acceptors (Lipinski definition) is 4. The van der Waals surface area contributed by atoms with Gasteiger partial charge in [-0.2, -0.15) is 0 Å². The molecule has 0 aliphatic rings. The van der Waals surface area contributed by atoms with Crippen molar-refractivity contribution in [2.45, 2.75) is 19.3 Å². The van der Waals surface area contributed by atoms with Gasteiger partial charge in [-0.05, 0) is 24.5 Å². The Labute approximate surface area is 110 Å². The standard InChI is InChI=1S/C14H14N2O3/c15-13(18)11-6-2-1-4-10(11)5-3-7-12(17)14-16-8-9-19-14/h1-2,4,6,8-9H,3,5,7H2,(H2,15,18). The molecule has 0 saturated heterocycles. The number of primary amides is 1. The maximum Gasteiger partial charge on any atom is 0.263 e. The van der Waals surface area contributed by atoms with Gasteiger partial charge in [-0.3, -0.25) is 9.59 Å². The largest absolute Gasteiger partial charge is 0.442 e. The Morgan fingerprint density at radius 3 is 2.74 bits per heavy atom. The summed E-state index contributed by atoms with van der Waals surface area (Å²) < 4.78 is 4.93. The molecule has 0 spiro atoms. The third kappa shape index (κ3) is 3.28. The number of Topliss-reactive ketones (excluding diaryl/α,β-unsaturated/α-hetero) is 1. The summed E-state index contributed by atoms with van der Waals surface area (Å²) in [4.78, 5) is 26.7. The van der Waals surface area contributed by atoms with Crippen molar-refractivity contribution >= 4 is 11.7 Å². The first-order valence-corrected chi connectivity index (χ1v) is 5.99. The molecule has 0 aliphatic heterocycles. The smallest absolute Gasteiger partial charge is 0.263 e. The van der Waals surface area contributed by atoms with Crippen molar-refractivity contribution < 1.29 is 14.0 Å². The van der Waals surface area contributed by atoms with Crippen LogP contribution < -0.4 is 5.73 Å². The number of aromatic nitrogens is 1. The minimum absolute atomic E-state index is 0.128. The molecule has 1 aromatic heterocycles. The zero-order chi connectivity index (χ0) is 13.7. The van der Waals surface area contributed by atoms with Crippen molar-refractivity contribution in [3.05, 3.63) is 53.7 Å². The molecule has 0 atom stereocenters. The highest BCUT2D eigenvalue weighted by Gasteiger charge is 2.11. The number of benzene rings is 1. The minimum atomic E-state index is -0.449. The highest BCUT2D eigenvalue weighted by molar-refractivity contribution is 5.94. The number of aryl methyl sites for hydroxylation is 1. The summed E-state index contributed by atoms with van der Waals surface area (Å²) in [6.07, 6.45) is 4.37. The van der Waals surface area contributed by atoms with Crippen molar-refractivity contribution in [2.24, 2.45) is 5.73 Å². The van der Waals surface area contributed by atoms with E-state index in [1.165, 1.54) is 12.5 Å². The first-order chi connectivity index (χ1) is 9.18. The number of carbonyl (C=O) groups is 2. The summed E-state index contributed by atoms with van der Waals surface area (Å²) in [6.45, 7) is 0. The predicted molar refractivity (Wildman–Crippen MR) is 68.7 cm³/mol. The van der Waals surface area contributed by atoms with E-state index in [9.17, 15) is 9.59 Å². The lowest BCUT2D eigenvalue weighted by Crippen LogP contribution is -2.13. The quantitative estimate of drug-likeness (QED) is 0.802. The first kappa shape index (κ1) is 13.0. The van der Waals surface area contributed by atoms with E-state index in [4.69, 9.17) is 10.2 Å². The Balaban J connectivity index is 1.93. The van der Waals surface area contributed by atoms with Crippen LogP contribution in [0.4, 0.5) is 0 Å². The van der Waals surface area contributed by atoms with Crippen LogP contribution >= 0.6 is 0 Å². The third-order valence-electron chi connectivity index (χ3n) is 2.80. The highest BCUT2D eigenvalue weighted by Crippen LogP contribution is 2.13. The number of nitrogens with zero attached hydrogens (tertiary/aromatic N) is 1. The summed E-state index contributed by atoms with van der Waals surface area (Å²) in [5.41, 5.74) is 6.65. The van der Waals surface area contributed by atoms with Crippen molar-refractivity contribution in [3.8, 4) is 0 Å². The van der Waals surface area contributed by atoms with Crippen LogP contribution in [0.2, 0.25) is 0 Å². The van der Waals surface area contributed by atoms with Gasteiger partial charge in [0.2, 0.25) is 11.7 Å². The molecule has 1 amide bonds. The van der Waals surface area contributed by atoms with Crippen LogP contribution in [0.1, 0.15) is 39.4 Å². The topological polar surface area (TPSA) is 86.2 Å². The lowest BCUT2D eigenvalue weighted by Gasteiger charge is -2.05. The molecular formula is C14H14N2O3. The lowest BCUT2D eigenvalue weighted by molar-refractivity contribution is 0.0946. The molecule has 2 rings (SSSR count). The molecule has 1 aromatic carbocycles. The number of ketones is 1. The monoisotopic (exact) mass is 258 g/mol. The average Bonchev–Trinajstić information content (AvgIpc) is 2.93. The number of hydrogen-bond donors (Lipinski definition) is 1. The van der Waals surface area contributed by atoms with E-state index >= 15 is 0 Å². The van der Waals surface area contributed by atoms with Gasteiger partial charge in [0.15, 0.2) is 0 Å². The molecule has 19 heavy (non-hydrogen) atoms. The van der Waals surface area contributed by atoms with Crippen LogP contribution in [0, 0.1) is 0 Å². The Morgan fingerprint density at radius 1 is 1.26 bits per heavy atom. The molecule has 5 heteroatoms. The summed E-state index contributed by atoms with van der Waals surface area (Å²) in [7, 11) is 0. The Bertz CT molecular complexity index is 576. The van der Waals surface area contributed by atoms with Crippen LogP contribution in [0.15, 0.2) is 41.1 Å². The van der Waals surface area contributed by atoms with Gasteiger partial charge < -0.3 is 10.2 Å². The average molecular weight is 258 g/mol. The van der Waals surface area contributed by atoms with Crippen molar-refractivity contribution in [3.63, 3.8) is 0 Å². The van der Waals surface area contributed by atoms with E-state index in [1.54, 1.807) is 12.1 Å². The molecule has 2 N–H and O–H groups in total. The fraction of sp³-hybridized carbons (Fsp3) is 0.214. The third-order valence-corrected chi connectivity index (χ3v) is 2.80. The Hall–Kier alpha value is -2.43. The van der Waals surface area contributed by atoms with Gasteiger partial charge in [0, 0.05) is 12.0 Å². The molecule has 2 aromatic rings. The Kier molecular flexibility index (Phi) is 4.07. The van der Waals surface area contributed by atoms with E-state index < -0.39 is 5.91 Å². The molecule has 0 saturated carbocycles. The molecule has 0 unspecified atom stereocenters. The zero-order valence-corrected chi connectivity index (χ0v) is 10.3. The molecule has 0 radical (unpaired) electrons. The number of amides is 1. The number of rotatable bonds is 6. The van der Waals surface area contributed by atoms with Gasteiger partial charge in [-0.15, -0.1) is 0 Å². The lowest BCUT2D eigenvalue weighted by atomic mass is 10.0. The Morgan fingerprint density at radius 2 is 2.05 bits per heavy atom. The van der Waals surface area contributed by atoms with Crippen LogP contribution in [-0.4, -0.2) is 16.7 Å². The van der Waals surface area contributed by atoms with Gasteiger partial charge in [0.1, 0.15) is 6.26 Å². The van der Waals surface area contributed by atoms with Crippen LogP contribution in [0.3, 0.4) is 0 Å². The van der Waals surface area contributed by atoms with Gasteiger partial charge in [-0.1, -0.05) is 18.2 Å². The second kappa shape index (κ2) is 5.95. The number of nitrogens with two attached hydrogens (primary N) is 1. The fourth-order valence-corrected chi connectivity index (χ4v) is 1.89. The zero-order valence-electron chi connectivity index (χ0n) is 10.3. The molecular weight excluding hydrogens is 244 g/mol. The van der Waals surface area contributed by atoms with E-state index in [2.05, 4.69) is 4.98 Å². The SMILES string of the molecule is NC(=O)c1ccccc1CCCC(=O)c1ncco1. The summed E-state index contributed by atoms with van der Waals surface area (Å²) >= 11 is 0. The number of carbonyl (C=O) groups excluding carboxylic acids is 2. The molecule has 0 bridgehead atoms. The predicted octanol–water partition coefficient (Wildman–Crippen LogP) is 1.98. The van der Waals surface area contributed by atoms with Gasteiger partial charge in [0.25, 0.3) is 5.89 Å². The molecule has 5 nitrogen and oxygen atoms in total. The first-order valence-electron chi connectivity index (χ1n) is 5.99. The van der Waals surface area contributed by atoms with E-state index in [-0.39, 0.29) is 11.7 Å². The van der Waals surface area contributed by atoms with E-state index in [0.717, 1.165) is 5.56 Å². The van der Waals surface area contributed by atoms with Crippen molar-refractivity contribution in [1.29, 1.82) is 0 Å². The van der Waals surface area contributed by atoms with Crippen LogP contribution in [0.25, 0.3) is 0 Å². The van der Waals surface area contributed by atoms with E-state index in [0.29, 0.717) is 24.8 Å². The molecule has 0 aliphatic carbocycles. The summed E-state index contributed by atoms with van der Waals surface area (Å²) in [6, 6.07) is 7.14. The van der Waals surface area contributed by atoms with Gasteiger partial charge in [-0.25, -0.2) is 4.98 Å². The fourth-order valence-electron chi connectivity index (χ4n) is 1.89. The van der Waals surface area contributed by atoms with Gasteiger partial charge >= 0.3 is 0 Å². The summed E-state index contributed by atoms with van der Waals surface area (Å²) in [5, 5.41) is 0. The highest BCUT2D eigenvalue weighted by atomic mass is 16.3. The van der Waals surface area contributed by atoms with Crippen LogP contribution in [0.5, 0.6) is 0 Å². The second-order valence-corrected chi connectivity index (χ2v) is 4.14. The maximum absolute atomic E-state index is 11.7. The van der Waals surface area contributed by atoms with E-state index in [1.807, 2.05) is 12.1 Å². The van der Waals surface area contributed by atoms with Crippen LogP contribution in [-0.2, 0) is 6.42 Å². The molecule has 0 fully saturated rings.